The Morgan fingerprint density at radius 2 is 1.74 bits per heavy atom. The van der Waals surface area contributed by atoms with Gasteiger partial charge in [-0.05, 0) is 48.4 Å². The van der Waals surface area contributed by atoms with Gasteiger partial charge in [-0.1, -0.05) is 48.0 Å². The summed E-state index contributed by atoms with van der Waals surface area (Å²) < 4.78 is 16.2. The minimum atomic E-state index is -0.503. The van der Waals surface area contributed by atoms with Gasteiger partial charge in [0.05, 0.1) is 17.5 Å². The lowest BCUT2D eigenvalue weighted by atomic mass is 10.1. The predicted molar refractivity (Wildman–Crippen MR) is 131 cm³/mol. The van der Waals surface area contributed by atoms with E-state index in [1.165, 1.54) is 22.6 Å². The molecule has 0 aliphatic carbocycles. The van der Waals surface area contributed by atoms with Crippen LogP contribution in [0.2, 0.25) is 0 Å². The van der Waals surface area contributed by atoms with Crippen LogP contribution >= 0.6 is 0 Å². The molecule has 0 radical (unpaired) electrons. The van der Waals surface area contributed by atoms with Crippen molar-refractivity contribution in [2.45, 2.75) is 20.0 Å². The number of fused-ring (bicyclic) bond motifs is 2. The highest BCUT2D eigenvalue weighted by Crippen LogP contribution is 2.13. The summed E-state index contributed by atoms with van der Waals surface area (Å²) in [6.07, 6.45) is 1.62. The first kappa shape index (κ1) is 22.2. The zero-order chi connectivity index (χ0) is 24.5. The third-order valence-corrected chi connectivity index (χ3v) is 5.89. The van der Waals surface area contributed by atoms with E-state index in [0.717, 1.165) is 11.1 Å². The number of carbonyl (C=O) groups excluding carboxylic acids is 1. The second-order valence-electron chi connectivity index (χ2n) is 8.37. The van der Waals surface area contributed by atoms with E-state index in [1.54, 1.807) is 41.1 Å². The average Bonchev–Trinajstić information content (AvgIpc) is 2.86. The third-order valence-electron chi connectivity index (χ3n) is 5.89. The van der Waals surface area contributed by atoms with Crippen LogP contribution in [0.25, 0.3) is 16.7 Å². The molecule has 3 aromatic heterocycles. The maximum atomic E-state index is 13.3. The van der Waals surface area contributed by atoms with Crippen LogP contribution in [0.4, 0.5) is 4.39 Å². The Hall–Kier alpha value is -4.59. The Balaban J connectivity index is 1.64. The van der Waals surface area contributed by atoms with E-state index >= 15 is 0 Å². The molecule has 0 unspecified atom stereocenters. The third kappa shape index (κ3) is 4.33. The number of nitrogens with zero attached hydrogens (tertiary/aromatic N) is 3. The summed E-state index contributed by atoms with van der Waals surface area (Å²) in [6.45, 7) is 2.41. The number of carbonyl (C=O) groups is 1. The van der Waals surface area contributed by atoms with E-state index in [9.17, 15) is 14.0 Å². The van der Waals surface area contributed by atoms with Crippen LogP contribution in [-0.2, 0) is 13.1 Å². The van der Waals surface area contributed by atoms with Gasteiger partial charge in [0.2, 0.25) is 0 Å². The maximum absolute atomic E-state index is 13.3. The summed E-state index contributed by atoms with van der Waals surface area (Å²) in [4.78, 5) is 31.1. The van der Waals surface area contributed by atoms with Gasteiger partial charge in [-0.25, -0.2) is 9.37 Å². The lowest BCUT2D eigenvalue weighted by Crippen LogP contribution is -2.35. The number of hydrogen-bond donors (Lipinski definition) is 2. The van der Waals surface area contributed by atoms with Gasteiger partial charge in [0.1, 0.15) is 22.6 Å². The summed E-state index contributed by atoms with van der Waals surface area (Å²) in [5, 5.41) is 11.9. The summed E-state index contributed by atoms with van der Waals surface area (Å²) in [5.41, 5.74) is 3.20. The van der Waals surface area contributed by atoms with Crippen molar-refractivity contribution in [2.75, 3.05) is 0 Å². The van der Waals surface area contributed by atoms with E-state index in [4.69, 9.17) is 5.41 Å². The Labute approximate surface area is 199 Å². The fourth-order valence-electron chi connectivity index (χ4n) is 3.97. The number of amides is 1. The van der Waals surface area contributed by atoms with Crippen LogP contribution in [0.1, 0.15) is 27.0 Å². The quantitative estimate of drug-likeness (QED) is 0.387. The van der Waals surface area contributed by atoms with E-state index < -0.39 is 5.91 Å². The van der Waals surface area contributed by atoms with Crippen molar-refractivity contribution in [3.05, 3.63) is 123 Å². The molecule has 1 amide bonds. The Morgan fingerprint density at radius 1 is 1.03 bits per heavy atom. The minimum Gasteiger partial charge on any atom is -0.348 e. The molecule has 0 bridgehead atoms. The van der Waals surface area contributed by atoms with Crippen molar-refractivity contribution < 1.29 is 9.18 Å². The van der Waals surface area contributed by atoms with Crippen molar-refractivity contribution >= 4 is 22.6 Å². The van der Waals surface area contributed by atoms with E-state index in [0.29, 0.717) is 16.9 Å². The summed E-state index contributed by atoms with van der Waals surface area (Å²) in [7, 11) is 0. The van der Waals surface area contributed by atoms with Gasteiger partial charge in [0.15, 0.2) is 0 Å². The van der Waals surface area contributed by atoms with Crippen LogP contribution in [-0.4, -0.2) is 19.9 Å². The molecule has 0 aliphatic heterocycles. The van der Waals surface area contributed by atoms with Gasteiger partial charge in [0, 0.05) is 12.7 Å². The van der Waals surface area contributed by atoms with Gasteiger partial charge in [-0.15, -0.1) is 0 Å². The number of halogens is 1. The zero-order valence-corrected chi connectivity index (χ0v) is 19.0. The van der Waals surface area contributed by atoms with Crippen LogP contribution in [0, 0.1) is 18.2 Å². The fraction of sp³-hybridized carbons (Fsp3) is 0.111. The summed E-state index contributed by atoms with van der Waals surface area (Å²) in [6, 6.07) is 20.3. The molecule has 35 heavy (non-hydrogen) atoms. The molecule has 0 atom stereocenters. The smallest absolute Gasteiger partial charge is 0.267 e. The first-order valence-electron chi connectivity index (χ1n) is 11.1. The largest absolute Gasteiger partial charge is 0.348 e. The average molecular weight is 468 g/mol. The van der Waals surface area contributed by atoms with Crippen LogP contribution in [0.15, 0.2) is 83.8 Å². The van der Waals surface area contributed by atoms with Crippen molar-refractivity contribution in [1.82, 2.24) is 19.3 Å². The Kier molecular flexibility index (Phi) is 5.70. The standard InChI is InChI=1S/C27H22FN5O2/c1-17-5-7-19(8-6-17)16-33-24(29)21(26(34)30-15-18-9-11-20(28)12-10-18)14-22-25(33)31-23-4-2-3-13-32(23)27(22)35/h2-14,29H,15-16H2,1H3,(H,30,34). The molecule has 0 saturated heterocycles. The van der Waals surface area contributed by atoms with Gasteiger partial charge in [-0.2, -0.15) is 0 Å². The second-order valence-corrected chi connectivity index (χ2v) is 8.37. The van der Waals surface area contributed by atoms with Crippen LogP contribution in [0.5, 0.6) is 0 Å². The van der Waals surface area contributed by atoms with E-state index in [1.807, 2.05) is 31.2 Å². The normalized spacial score (nSPS) is 11.1. The molecule has 5 rings (SSSR count). The molecule has 2 N–H and O–H groups in total. The molecule has 0 aliphatic rings. The van der Waals surface area contributed by atoms with Gasteiger partial charge in [0.25, 0.3) is 11.5 Å². The van der Waals surface area contributed by atoms with Crippen LogP contribution < -0.4 is 16.4 Å². The topological polar surface area (TPSA) is 92.2 Å². The van der Waals surface area contributed by atoms with Gasteiger partial charge >= 0.3 is 0 Å². The number of rotatable bonds is 5. The van der Waals surface area contributed by atoms with Crippen molar-refractivity contribution in [2.24, 2.45) is 0 Å². The molecule has 0 spiro atoms. The number of aryl methyl sites for hydroxylation is 1. The molecule has 5 aromatic rings. The summed E-state index contributed by atoms with van der Waals surface area (Å²) >= 11 is 0. The molecule has 174 valence electrons. The molecular formula is C27H22FN5O2. The molecule has 8 heteroatoms. The van der Waals surface area contributed by atoms with E-state index in [2.05, 4.69) is 10.3 Å². The fourth-order valence-corrected chi connectivity index (χ4v) is 3.97. The second kappa shape index (κ2) is 8.98. The number of hydrogen-bond acceptors (Lipinski definition) is 4. The minimum absolute atomic E-state index is 0.0538. The van der Waals surface area contributed by atoms with Crippen LogP contribution in [0.3, 0.4) is 0 Å². The van der Waals surface area contributed by atoms with Gasteiger partial charge < -0.3 is 9.88 Å². The predicted octanol–water partition coefficient (Wildman–Crippen LogP) is 3.55. The van der Waals surface area contributed by atoms with Gasteiger partial charge in [-0.3, -0.25) is 19.4 Å². The Morgan fingerprint density at radius 3 is 2.49 bits per heavy atom. The highest BCUT2D eigenvalue weighted by Gasteiger charge is 2.18. The number of nitrogens with one attached hydrogen (secondary N) is 2. The number of aromatic nitrogens is 3. The number of benzene rings is 2. The molecule has 3 heterocycles. The molecule has 7 nitrogen and oxygen atoms in total. The highest BCUT2D eigenvalue weighted by molar-refractivity contribution is 5.96. The number of pyridine rings is 2. The molecular weight excluding hydrogens is 445 g/mol. The first-order valence-corrected chi connectivity index (χ1v) is 11.1. The Bertz CT molecular complexity index is 1690. The van der Waals surface area contributed by atoms with Crippen molar-refractivity contribution in [1.29, 1.82) is 5.41 Å². The lowest BCUT2D eigenvalue weighted by molar-refractivity contribution is 0.0948. The van der Waals surface area contributed by atoms with Crippen molar-refractivity contribution in [3.63, 3.8) is 0 Å². The monoisotopic (exact) mass is 467 g/mol. The van der Waals surface area contributed by atoms with Crippen molar-refractivity contribution in [3.8, 4) is 0 Å². The summed E-state index contributed by atoms with van der Waals surface area (Å²) in [5.74, 6) is -0.864. The van der Waals surface area contributed by atoms with E-state index in [-0.39, 0.29) is 40.9 Å². The zero-order valence-electron chi connectivity index (χ0n) is 19.0. The molecule has 0 saturated carbocycles. The lowest BCUT2D eigenvalue weighted by Gasteiger charge is -2.15. The molecule has 2 aromatic carbocycles. The SMILES string of the molecule is Cc1ccc(Cn2c(=N)c(C(=O)NCc3ccc(F)cc3)cc3c(=O)n4ccccc4nc32)cc1. The maximum Gasteiger partial charge on any atom is 0.267 e. The highest BCUT2D eigenvalue weighted by atomic mass is 19.1. The first-order chi connectivity index (χ1) is 16.9. The molecule has 0 fully saturated rings.